The van der Waals surface area contributed by atoms with Gasteiger partial charge in [-0.1, -0.05) is 13.8 Å². The zero-order valence-corrected chi connectivity index (χ0v) is 10.7. The summed E-state index contributed by atoms with van der Waals surface area (Å²) in [6.07, 6.45) is 3.58. The Bertz CT molecular complexity index is 300. The number of hydrogen-bond donors (Lipinski definition) is 0. The van der Waals surface area contributed by atoms with Crippen LogP contribution in [0, 0.1) is 0 Å². The second-order valence-electron chi connectivity index (χ2n) is 3.41. The highest BCUT2D eigenvalue weighted by atomic mass is 16.3. The summed E-state index contributed by atoms with van der Waals surface area (Å²) in [5, 5.41) is 0. The van der Waals surface area contributed by atoms with E-state index >= 15 is 0 Å². The lowest BCUT2D eigenvalue weighted by molar-refractivity contribution is 0.426. The fourth-order valence-electron chi connectivity index (χ4n) is 0.992. The standard InChI is InChI=1S/C9H16N2O.C2H6.B/c1-7(2)10-9-11(8(3)4)5-6-12-9;1-2;/h5-8H,1-4H3;1-2H3;. The highest BCUT2D eigenvalue weighted by Gasteiger charge is 2.00. The van der Waals surface area contributed by atoms with Gasteiger partial charge in [0.25, 0.3) is 5.68 Å². The van der Waals surface area contributed by atoms with Crippen molar-refractivity contribution >= 4 is 8.41 Å². The molecule has 1 aromatic rings. The van der Waals surface area contributed by atoms with E-state index < -0.39 is 0 Å². The maximum Gasteiger partial charge on any atom is 0.297 e. The monoisotopic (exact) mass is 209 g/mol. The summed E-state index contributed by atoms with van der Waals surface area (Å²) in [5.74, 6) is 0. The molecule has 0 atom stereocenters. The molecular formula is C11H22BN2O. The highest BCUT2D eigenvalue weighted by Crippen LogP contribution is 1.98. The third-order valence-electron chi connectivity index (χ3n) is 1.54. The van der Waals surface area contributed by atoms with Crippen LogP contribution in [-0.4, -0.2) is 19.0 Å². The minimum Gasteiger partial charge on any atom is -0.432 e. The molecule has 0 aliphatic carbocycles. The van der Waals surface area contributed by atoms with Crippen molar-refractivity contribution < 1.29 is 4.42 Å². The molecule has 15 heavy (non-hydrogen) atoms. The molecule has 85 valence electrons. The van der Waals surface area contributed by atoms with Gasteiger partial charge in [-0.25, -0.2) is 4.99 Å². The Balaban J connectivity index is 0. The minimum atomic E-state index is 0. The Kier molecular flexibility index (Phi) is 9.23. The number of rotatable bonds is 2. The number of aromatic nitrogens is 1. The van der Waals surface area contributed by atoms with Gasteiger partial charge in [0.05, 0.1) is 0 Å². The largest absolute Gasteiger partial charge is 0.432 e. The van der Waals surface area contributed by atoms with Gasteiger partial charge in [-0.2, -0.15) is 0 Å². The summed E-state index contributed by atoms with van der Waals surface area (Å²) in [6.45, 7) is 12.3. The number of hydrogen-bond acceptors (Lipinski definition) is 2. The van der Waals surface area contributed by atoms with Crippen molar-refractivity contribution in [2.45, 2.75) is 53.6 Å². The van der Waals surface area contributed by atoms with Crippen LogP contribution in [0.1, 0.15) is 47.6 Å². The SMILES string of the molecule is CC.CC(C)N=c1occn1C(C)C.[B]. The van der Waals surface area contributed by atoms with Crippen molar-refractivity contribution in [2.24, 2.45) is 4.99 Å². The molecule has 0 N–H and O–H groups in total. The Morgan fingerprint density at radius 1 is 1.20 bits per heavy atom. The maximum absolute atomic E-state index is 5.23. The third kappa shape index (κ3) is 5.50. The van der Waals surface area contributed by atoms with Crippen LogP contribution in [0.5, 0.6) is 0 Å². The van der Waals surface area contributed by atoms with Gasteiger partial charge < -0.3 is 4.42 Å². The predicted molar refractivity (Wildman–Crippen MR) is 64.9 cm³/mol. The van der Waals surface area contributed by atoms with Crippen molar-refractivity contribution in [1.29, 1.82) is 0 Å². The molecule has 0 fully saturated rings. The molecule has 0 saturated heterocycles. The first-order valence-corrected chi connectivity index (χ1v) is 5.30. The fourth-order valence-corrected chi connectivity index (χ4v) is 0.992. The normalized spacial score (nSPS) is 11.1. The van der Waals surface area contributed by atoms with Crippen LogP contribution in [-0.2, 0) is 0 Å². The molecule has 0 aliphatic rings. The lowest BCUT2D eigenvalue weighted by atomic mass is 10.4. The number of nitrogens with zero attached hydrogens (tertiary/aromatic N) is 2. The van der Waals surface area contributed by atoms with Gasteiger partial charge in [-0.15, -0.1) is 0 Å². The van der Waals surface area contributed by atoms with Gasteiger partial charge in [0.15, 0.2) is 0 Å². The van der Waals surface area contributed by atoms with Gasteiger partial charge in [0.2, 0.25) is 0 Å². The molecule has 0 bridgehead atoms. The van der Waals surface area contributed by atoms with Crippen molar-refractivity contribution in [1.82, 2.24) is 4.57 Å². The smallest absolute Gasteiger partial charge is 0.297 e. The van der Waals surface area contributed by atoms with Gasteiger partial charge in [0.1, 0.15) is 6.26 Å². The van der Waals surface area contributed by atoms with Crippen LogP contribution in [0.25, 0.3) is 0 Å². The topological polar surface area (TPSA) is 30.4 Å². The summed E-state index contributed by atoms with van der Waals surface area (Å²) in [6, 6.07) is 0.683. The second kappa shape index (κ2) is 8.39. The first kappa shape index (κ1) is 16.5. The summed E-state index contributed by atoms with van der Waals surface area (Å²) >= 11 is 0. The van der Waals surface area contributed by atoms with Crippen molar-refractivity contribution in [3.8, 4) is 0 Å². The van der Waals surface area contributed by atoms with E-state index in [1.807, 2.05) is 38.5 Å². The second-order valence-corrected chi connectivity index (χ2v) is 3.41. The zero-order chi connectivity index (χ0) is 11.1. The van der Waals surface area contributed by atoms with Crippen LogP contribution in [0.4, 0.5) is 0 Å². The molecule has 0 aromatic carbocycles. The van der Waals surface area contributed by atoms with E-state index in [9.17, 15) is 0 Å². The highest BCUT2D eigenvalue weighted by molar-refractivity contribution is 5.75. The van der Waals surface area contributed by atoms with Crippen LogP contribution < -0.4 is 5.68 Å². The third-order valence-corrected chi connectivity index (χ3v) is 1.54. The molecular weight excluding hydrogens is 187 g/mol. The molecule has 0 amide bonds. The van der Waals surface area contributed by atoms with Crippen LogP contribution >= 0.6 is 0 Å². The van der Waals surface area contributed by atoms with Crippen LogP contribution in [0.3, 0.4) is 0 Å². The summed E-state index contributed by atoms with van der Waals surface area (Å²) in [4.78, 5) is 4.34. The summed E-state index contributed by atoms with van der Waals surface area (Å²) in [7, 11) is 0. The molecule has 0 aliphatic heterocycles. The average Bonchev–Trinajstić information content (AvgIpc) is 2.55. The van der Waals surface area contributed by atoms with E-state index in [-0.39, 0.29) is 14.5 Å². The minimum absolute atomic E-state index is 0. The van der Waals surface area contributed by atoms with E-state index in [4.69, 9.17) is 4.42 Å². The van der Waals surface area contributed by atoms with Crippen molar-refractivity contribution in [3.63, 3.8) is 0 Å². The molecule has 1 heterocycles. The molecule has 0 spiro atoms. The van der Waals surface area contributed by atoms with E-state index in [1.165, 1.54) is 0 Å². The summed E-state index contributed by atoms with van der Waals surface area (Å²) in [5.41, 5.74) is 0.708. The quantitative estimate of drug-likeness (QED) is 0.688. The molecule has 3 nitrogen and oxygen atoms in total. The van der Waals surface area contributed by atoms with Crippen molar-refractivity contribution in [2.75, 3.05) is 0 Å². The average molecular weight is 209 g/mol. The first-order chi connectivity index (χ1) is 6.61. The molecule has 0 unspecified atom stereocenters. The van der Waals surface area contributed by atoms with Crippen LogP contribution in [0.2, 0.25) is 0 Å². The van der Waals surface area contributed by atoms with E-state index in [1.54, 1.807) is 6.26 Å². The van der Waals surface area contributed by atoms with Gasteiger partial charge >= 0.3 is 0 Å². The molecule has 1 rings (SSSR count). The van der Waals surface area contributed by atoms with Crippen LogP contribution in [0.15, 0.2) is 21.9 Å². The van der Waals surface area contributed by atoms with E-state index in [0.29, 0.717) is 11.7 Å². The van der Waals surface area contributed by atoms with Gasteiger partial charge in [-0.3, -0.25) is 4.57 Å². The lowest BCUT2D eigenvalue weighted by Crippen LogP contribution is -2.19. The zero-order valence-electron chi connectivity index (χ0n) is 10.7. The Morgan fingerprint density at radius 2 is 1.73 bits per heavy atom. The van der Waals surface area contributed by atoms with Crippen molar-refractivity contribution in [3.05, 3.63) is 18.1 Å². The van der Waals surface area contributed by atoms with Gasteiger partial charge in [-0.05, 0) is 27.7 Å². The molecule has 4 heteroatoms. The molecule has 3 radical (unpaired) electrons. The Labute approximate surface area is 94.8 Å². The fraction of sp³-hybridized carbons (Fsp3) is 0.727. The maximum atomic E-state index is 5.23. The lowest BCUT2D eigenvalue weighted by Gasteiger charge is -2.04. The van der Waals surface area contributed by atoms with Gasteiger partial charge in [0, 0.05) is 26.7 Å². The van der Waals surface area contributed by atoms with E-state index in [2.05, 4.69) is 18.8 Å². The molecule has 1 aromatic heterocycles. The molecule has 0 saturated carbocycles. The van der Waals surface area contributed by atoms with E-state index in [0.717, 1.165) is 0 Å². The Hall–Kier alpha value is -0.925. The Morgan fingerprint density at radius 3 is 2.13 bits per heavy atom. The summed E-state index contributed by atoms with van der Waals surface area (Å²) < 4.78 is 7.25. The number of oxazole rings is 1. The first-order valence-electron chi connectivity index (χ1n) is 5.30. The predicted octanol–water partition coefficient (Wildman–Crippen LogP) is 2.62.